The van der Waals surface area contributed by atoms with Crippen molar-refractivity contribution >= 4 is 33.4 Å². The fraction of sp³-hybridized carbons (Fsp3) is 0.278. The Bertz CT molecular complexity index is 879. The lowest BCUT2D eigenvalue weighted by Crippen LogP contribution is -2.31. The first kappa shape index (κ1) is 18.8. The van der Waals surface area contributed by atoms with Crippen LogP contribution in [-0.4, -0.2) is 26.1 Å². The molecule has 3 N–H and O–H groups in total. The Balaban J connectivity index is 1.48. The van der Waals surface area contributed by atoms with Gasteiger partial charge in [-0.3, -0.25) is 15.6 Å². The molecule has 0 bridgehead atoms. The van der Waals surface area contributed by atoms with Gasteiger partial charge in [0.15, 0.2) is 0 Å². The van der Waals surface area contributed by atoms with Crippen molar-refractivity contribution in [3.63, 3.8) is 0 Å². The van der Waals surface area contributed by atoms with Gasteiger partial charge in [-0.2, -0.15) is 0 Å². The molecule has 138 valence electrons. The summed E-state index contributed by atoms with van der Waals surface area (Å²) >= 11 is 1.47. The van der Waals surface area contributed by atoms with Gasteiger partial charge in [-0.1, -0.05) is 18.2 Å². The molecule has 26 heavy (non-hydrogen) atoms. The first-order valence-electron chi connectivity index (χ1n) is 8.30. The summed E-state index contributed by atoms with van der Waals surface area (Å²) in [4.78, 5) is 13.2. The molecule has 0 saturated heterocycles. The maximum Gasteiger partial charge on any atom is 0.248 e. The topological polar surface area (TPSA) is 87.3 Å². The van der Waals surface area contributed by atoms with E-state index in [0.717, 1.165) is 23.3 Å². The van der Waals surface area contributed by atoms with Crippen molar-refractivity contribution in [2.24, 2.45) is 0 Å². The number of carbonyl (C=O) groups is 1. The number of hydrogen-bond acceptors (Lipinski definition) is 5. The minimum atomic E-state index is -3.46. The molecule has 0 heterocycles. The Hall–Kier alpha value is -2.03. The van der Waals surface area contributed by atoms with Crippen LogP contribution in [0.1, 0.15) is 18.4 Å². The van der Waals surface area contributed by atoms with Crippen LogP contribution in [0.25, 0.3) is 0 Å². The first-order chi connectivity index (χ1) is 12.4. The van der Waals surface area contributed by atoms with Crippen LogP contribution in [0.15, 0.2) is 58.3 Å². The van der Waals surface area contributed by atoms with Gasteiger partial charge in [-0.05, 0) is 55.7 Å². The van der Waals surface area contributed by atoms with Crippen molar-refractivity contribution in [1.82, 2.24) is 10.1 Å². The summed E-state index contributed by atoms with van der Waals surface area (Å²) in [5, 5.41) is 0. The highest BCUT2D eigenvalue weighted by atomic mass is 32.2. The highest BCUT2D eigenvalue weighted by molar-refractivity contribution is 8.00. The minimum Gasteiger partial charge on any atom is -0.299 e. The summed E-state index contributed by atoms with van der Waals surface area (Å²) in [7, 11) is -3.46. The Morgan fingerprint density at radius 1 is 1.12 bits per heavy atom. The lowest BCUT2D eigenvalue weighted by molar-refractivity contribution is -0.118. The second-order valence-electron chi connectivity index (χ2n) is 6.15. The number of benzene rings is 2. The summed E-state index contributed by atoms with van der Waals surface area (Å²) in [6.45, 7) is 2.01. The summed E-state index contributed by atoms with van der Waals surface area (Å²) in [6.07, 6.45) is 1.79. The molecule has 1 aliphatic rings. The largest absolute Gasteiger partial charge is 0.299 e. The maximum atomic E-state index is 12.1. The zero-order valence-electron chi connectivity index (χ0n) is 14.4. The third kappa shape index (κ3) is 5.23. The summed E-state index contributed by atoms with van der Waals surface area (Å²) < 4.78 is 26.8. The van der Waals surface area contributed by atoms with E-state index in [1.165, 1.54) is 23.9 Å². The van der Waals surface area contributed by atoms with Gasteiger partial charge in [0, 0.05) is 10.9 Å². The lowest BCUT2D eigenvalue weighted by atomic mass is 10.2. The number of hydrogen-bond donors (Lipinski definition) is 3. The van der Waals surface area contributed by atoms with Gasteiger partial charge in [0.05, 0.1) is 16.3 Å². The predicted octanol–water partition coefficient (Wildman–Crippen LogP) is 2.67. The number of aryl methyl sites for hydroxylation is 1. The molecule has 1 saturated carbocycles. The van der Waals surface area contributed by atoms with Gasteiger partial charge in [-0.25, -0.2) is 13.1 Å². The van der Waals surface area contributed by atoms with E-state index >= 15 is 0 Å². The number of anilines is 1. The van der Waals surface area contributed by atoms with Gasteiger partial charge in [0.1, 0.15) is 0 Å². The van der Waals surface area contributed by atoms with E-state index in [1.54, 1.807) is 12.1 Å². The lowest BCUT2D eigenvalue weighted by Gasteiger charge is -2.10. The average Bonchev–Trinajstić information content (AvgIpc) is 3.43. The van der Waals surface area contributed by atoms with E-state index in [-0.39, 0.29) is 22.6 Å². The van der Waals surface area contributed by atoms with Crippen molar-refractivity contribution in [3.05, 3.63) is 54.1 Å². The molecule has 0 spiro atoms. The van der Waals surface area contributed by atoms with E-state index in [2.05, 4.69) is 15.6 Å². The van der Waals surface area contributed by atoms with Crippen LogP contribution in [0.5, 0.6) is 0 Å². The van der Waals surface area contributed by atoms with E-state index in [1.807, 2.05) is 31.2 Å². The van der Waals surface area contributed by atoms with Crippen molar-refractivity contribution in [3.8, 4) is 0 Å². The number of amides is 1. The summed E-state index contributed by atoms with van der Waals surface area (Å²) in [6, 6.07) is 14.2. The first-order valence-corrected chi connectivity index (χ1v) is 10.8. The Morgan fingerprint density at radius 2 is 1.81 bits per heavy atom. The maximum absolute atomic E-state index is 12.1. The molecule has 0 aliphatic heterocycles. The number of hydrazine groups is 1. The molecular formula is C18H21N3O3S2. The van der Waals surface area contributed by atoms with Gasteiger partial charge in [0.25, 0.3) is 0 Å². The standard InChI is InChI=1S/C18H21N3O3S2/c1-13-4-2-3-5-17(13)25-12-18(22)20-19-14-8-10-16(11-9-14)26(23,24)21-15-6-7-15/h2-5,8-11,15,19,21H,6-7,12H2,1H3,(H,20,22). The van der Waals surface area contributed by atoms with Crippen molar-refractivity contribution in [1.29, 1.82) is 0 Å². The average molecular weight is 392 g/mol. The molecule has 2 aromatic carbocycles. The highest BCUT2D eigenvalue weighted by Crippen LogP contribution is 2.23. The van der Waals surface area contributed by atoms with Crippen molar-refractivity contribution in [2.75, 3.05) is 11.2 Å². The third-order valence-corrected chi connectivity index (χ3v) is 6.57. The molecular weight excluding hydrogens is 370 g/mol. The van der Waals surface area contributed by atoms with E-state index in [0.29, 0.717) is 5.69 Å². The van der Waals surface area contributed by atoms with Crippen LogP contribution >= 0.6 is 11.8 Å². The smallest absolute Gasteiger partial charge is 0.248 e. The van der Waals surface area contributed by atoms with Crippen LogP contribution in [0.2, 0.25) is 0 Å². The molecule has 2 aromatic rings. The fourth-order valence-corrected chi connectivity index (χ4v) is 4.38. The number of thioether (sulfide) groups is 1. The zero-order chi connectivity index (χ0) is 18.6. The van der Waals surface area contributed by atoms with Gasteiger partial charge >= 0.3 is 0 Å². The Labute approximate surface area is 157 Å². The molecule has 1 fully saturated rings. The molecule has 6 nitrogen and oxygen atoms in total. The van der Waals surface area contributed by atoms with E-state index in [9.17, 15) is 13.2 Å². The third-order valence-electron chi connectivity index (χ3n) is 3.86. The number of carbonyl (C=O) groups excluding carboxylic acids is 1. The van der Waals surface area contributed by atoms with Gasteiger partial charge in [-0.15, -0.1) is 11.8 Å². The Morgan fingerprint density at radius 3 is 2.46 bits per heavy atom. The molecule has 1 amide bonds. The highest BCUT2D eigenvalue weighted by Gasteiger charge is 2.27. The fourth-order valence-electron chi connectivity index (χ4n) is 2.25. The normalized spacial score (nSPS) is 14.0. The van der Waals surface area contributed by atoms with Gasteiger partial charge < -0.3 is 0 Å². The zero-order valence-corrected chi connectivity index (χ0v) is 16.0. The molecule has 0 aromatic heterocycles. The molecule has 0 unspecified atom stereocenters. The summed E-state index contributed by atoms with van der Waals surface area (Å²) in [5.74, 6) is 0.126. The Kier molecular flexibility index (Phi) is 5.85. The van der Waals surface area contributed by atoms with Crippen LogP contribution in [-0.2, 0) is 14.8 Å². The van der Waals surface area contributed by atoms with Crippen molar-refractivity contribution in [2.45, 2.75) is 35.6 Å². The van der Waals surface area contributed by atoms with Gasteiger partial charge in [0.2, 0.25) is 15.9 Å². The molecule has 1 aliphatic carbocycles. The van der Waals surface area contributed by atoms with Crippen LogP contribution in [0, 0.1) is 6.92 Å². The molecule has 3 rings (SSSR count). The summed E-state index contributed by atoms with van der Waals surface area (Å²) in [5.41, 5.74) is 7.16. The number of sulfonamides is 1. The van der Waals surface area contributed by atoms with Crippen LogP contribution in [0.3, 0.4) is 0 Å². The van der Waals surface area contributed by atoms with E-state index in [4.69, 9.17) is 0 Å². The second kappa shape index (κ2) is 8.11. The van der Waals surface area contributed by atoms with Crippen molar-refractivity contribution < 1.29 is 13.2 Å². The number of rotatable bonds is 8. The predicted molar refractivity (Wildman–Crippen MR) is 103 cm³/mol. The van der Waals surface area contributed by atoms with Crippen LogP contribution in [0.4, 0.5) is 5.69 Å². The molecule has 8 heteroatoms. The monoisotopic (exact) mass is 391 g/mol. The minimum absolute atomic E-state index is 0.0721. The molecule has 0 atom stereocenters. The SMILES string of the molecule is Cc1ccccc1SCC(=O)NNc1ccc(S(=O)(=O)NC2CC2)cc1. The quantitative estimate of drug-likeness (QED) is 0.476. The second-order valence-corrected chi connectivity index (χ2v) is 8.88. The molecule has 0 radical (unpaired) electrons. The van der Waals surface area contributed by atoms with Crippen LogP contribution < -0.4 is 15.6 Å². The van der Waals surface area contributed by atoms with E-state index < -0.39 is 10.0 Å². The number of nitrogens with one attached hydrogen (secondary N) is 3.